The molecule has 0 fully saturated rings. The average molecular weight is 634 g/mol. The summed E-state index contributed by atoms with van der Waals surface area (Å²) >= 11 is 12.2. The summed E-state index contributed by atoms with van der Waals surface area (Å²) in [7, 11) is -1.51. The maximum atomic E-state index is 13.7. The van der Waals surface area contributed by atoms with Crippen LogP contribution in [-0.4, -0.2) is 45.9 Å². The monoisotopic (exact) mass is 632 g/mol. The van der Waals surface area contributed by atoms with Gasteiger partial charge in [-0.15, -0.1) is 0 Å². The third-order valence-electron chi connectivity index (χ3n) is 6.37. The number of aromatic nitrogens is 1. The zero-order chi connectivity index (χ0) is 30.6. The number of amides is 1. The molecule has 4 aromatic rings. The van der Waals surface area contributed by atoms with Gasteiger partial charge in [-0.25, -0.2) is 18.2 Å². The molecular weight excluding hydrogens is 606 g/mol. The topological polar surface area (TPSA) is 102 Å². The normalized spacial score (nSPS) is 11.5. The number of rotatable bonds is 10. The number of benzene rings is 3. The molecule has 13 heteroatoms. The predicted molar refractivity (Wildman–Crippen MR) is 161 cm³/mol. The van der Waals surface area contributed by atoms with E-state index in [0.717, 1.165) is 33.5 Å². The quantitative estimate of drug-likeness (QED) is 0.173. The number of nitrogens with zero attached hydrogens (tertiary/aromatic N) is 3. The Bertz CT molecular complexity index is 1760. The van der Waals surface area contributed by atoms with Crippen LogP contribution in [0, 0.1) is 19.7 Å². The zero-order valence-corrected chi connectivity index (χ0v) is 25.4. The highest BCUT2D eigenvalue weighted by Crippen LogP contribution is 2.32. The summed E-state index contributed by atoms with van der Waals surface area (Å²) in [4.78, 5) is 12.8. The lowest BCUT2D eigenvalue weighted by Crippen LogP contribution is -2.39. The molecule has 0 saturated carbocycles. The van der Waals surface area contributed by atoms with E-state index in [4.69, 9.17) is 32.7 Å². The molecule has 220 valence electrons. The molecule has 0 aliphatic carbocycles. The van der Waals surface area contributed by atoms with Gasteiger partial charge in [0.1, 0.15) is 12.4 Å². The number of carbonyl (C=O) groups excluding carboxylic acids is 1. The SMILES string of the molecule is COc1ccc(S(=O)(=O)N(CC(=O)N/N=C\c2cc(C)n(-c3ccc(Cl)c(Cl)c3)c2C)c2ccc(F)cc2)cc1OC. The Labute approximate surface area is 253 Å². The summed E-state index contributed by atoms with van der Waals surface area (Å²) in [6.07, 6.45) is 1.46. The second-order valence-corrected chi connectivity index (χ2v) is 11.7. The third-order valence-corrected chi connectivity index (χ3v) is 8.88. The fourth-order valence-corrected chi connectivity index (χ4v) is 6.04. The molecule has 1 aromatic heterocycles. The number of carbonyl (C=O) groups is 1. The first-order valence-electron chi connectivity index (χ1n) is 12.4. The third kappa shape index (κ3) is 6.53. The van der Waals surface area contributed by atoms with Crippen molar-refractivity contribution in [3.8, 4) is 17.2 Å². The van der Waals surface area contributed by atoms with Gasteiger partial charge in [-0.05, 0) is 74.5 Å². The number of ether oxygens (including phenoxy) is 2. The fourth-order valence-electron chi connectivity index (χ4n) is 4.31. The Kier molecular flexibility index (Phi) is 9.45. The molecule has 3 aromatic carbocycles. The standard InChI is InChI=1S/C29H27Cl2FN4O5S/c1-18-13-20(19(2)36(18)23-9-11-25(30)26(31)14-23)16-33-34-29(37)17-35(22-7-5-21(32)6-8-22)42(38,39)24-10-12-27(40-3)28(15-24)41-4/h5-16H,17H2,1-4H3,(H,34,37)/b33-16-. The Hall–Kier alpha value is -4.06. The number of nitrogens with one attached hydrogen (secondary N) is 1. The molecule has 9 nitrogen and oxygen atoms in total. The molecule has 1 N–H and O–H groups in total. The highest BCUT2D eigenvalue weighted by atomic mass is 35.5. The van der Waals surface area contributed by atoms with E-state index in [0.29, 0.717) is 21.4 Å². The number of methoxy groups -OCH3 is 2. The van der Waals surface area contributed by atoms with Crippen LogP contribution in [-0.2, 0) is 14.8 Å². The summed E-state index contributed by atoms with van der Waals surface area (Å²) in [6, 6.07) is 15.9. The van der Waals surface area contributed by atoms with Crippen molar-refractivity contribution in [1.29, 1.82) is 0 Å². The van der Waals surface area contributed by atoms with Crippen molar-refractivity contribution in [2.45, 2.75) is 18.7 Å². The van der Waals surface area contributed by atoms with Crippen LogP contribution in [0.2, 0.25) is 10.0 Å². The Morgan fingerprint density at radius 1 is 0.976 bits per heavy atom. The van der Waals surface area contributed by atoms with E-state index >= 15 is 0 Å². The minimum absolute atomic E-state index is 0.0792. The molecule has 0 unspecified atom stereocenters. The van der Waals surface area contributed by atoms with E-state index in [9.17, 15) is 17.6 Å². The number of hydrogen-bond donors (Lipinski definition) is 1. The van der Waals surface area contributed by atoms with Crippen LogP contribution in [0.5, 0.6) is 11.5 Å². The van der Waals surface area contributed by atoms with Crippen LogP contribution in [0.25, 0.3) is 5.69 Å². The van der Waals surface area contributed by atoms with E-state index in [2.05, 4.69) is 10.5 Å². The number of aryl methyl sites for hydroxylation is 1. The van der Waals surface area contributed by atoms with Crippen LogP contribution >= 0.6 is 23.2 Å². The molecule has 0 saturated heterocycles. The number of sulfonamides is 1. The Morgan fingerprint density at radius 2 is 1.67 bits per heavy atom. The minimum Gasteiger partial charge on any atom is -0.493 e. The van der Waals surface area contributed by atoms with E-state index in [1.807, 2.05) is 30.5 Å². The fraction of sp³-hybridized carbons (Fsp3) is 0.172. The first kappa shape index (κ1) is 30.9. The van der Waals surface area contributed by atoms with Gasteiger partial charge < -0.3 is 14.0 Å². The van der Waals surface area contributed by atoms with E-state index < -0.39 is 28.3 Å². The summed E-state index contributed by atoms with van der Waals surface area (Å²) in [6.45, 7) is 3.15. The van der Waals surface area contributed by atoms with Gasteiger partial charge in [-0.2, -0.15) is 5.10 Å². The van der Waals surface area contributed by atoms with Crippen molar-refractivity contribution in [3.63, 3.8) is 0 Å². The van der Waals surface area contributed by atoms with Crippen molar-refractivity contribution in [2.24, 2.45) is 5.10 Å². The van der Waals surface area contributed by atoms with Gasteiger partial charge in [0.25, 0.3) is 15.9 Å². The molecule has 4 rings (SSSR count). The molecule has 0 spiro atoms. The summed E-state index contributed by atoms with van der Waals surface area (Å²) < 4.78 is 54.2. The molecule has 42 heavy (non-hydrogen) atoms. The van der Waals surface area contributed by atoms with Gasteiger partial charge >= 0.3 is 0 Å². The van der Waals surface area contributed by atoms with Crippen molar-refractivity contribution in [3.05, 3.63) is 99.5 Å². The molecule has 0 atom stereocenters. The van der Waals surface area contributed by atoms with E-state index in [1.54, 1.807) is 12.1 Å². The summed E-state index contributed by atoms with van der Waals surface area (Å²) in [5.41, 5.74) is 5.69. The Morgan fingerprint density at radius 3 is 2.31 bits per heavy atom. The van der Waals surface area contributed by atoms with Gasteiger partial charge in [-0.1, -0.05) is 23.2 Å². The van der Waals surface area contributed by atoms with Gasteiger partial charge in [0, 0.05) is 28.7 Å². The van der Waals surface area contributed by atoms with Crippen molar-refractivity contribution in [1.82, 2.24) is 9.99 Å². The summed E-state index contributed by atoms with van der Waals surface area (Å²) in [5, 5.41) is 4.90. The first-order valence-corrected chi connectivity index (χ1v) is 14.6. The second-order valence-electron chi connectivity index (χ2n) is 9.06. The lowest BCUT2D eigenvalue weighted by molar-refractivity contribution is -0.119. The second kappa shape index (κ2) is 12.8. The van der Waals surface area contributed by atoms with Crippen LogP contribution in [0.3, 0.4) is 0 Å². The number of hydrogen-bond acceptors (Lipinski definition) is 6. The molecular formula is C29H27Cl2FN4O5S. The van der Waals surface area contributed by atoms with E-state index in [1.165, 1.54) is 50.8 Å². The average Bonchev–Trinajstić information content (AvgIpc) is 3.25. The van der Waals surface area contributed by atoms with Crippen LogP contribution < -0.4 is 19.2 Å². The molecule has 0 aliphatic heterocycles. The minimum atomic E-state index is -4.30. The zero-order valence-electron chi connectivity index (χ0n) is 23.1. The maximum absolute atomic E-state index is 13.7. The van der Waals surface area contributed by atoms with Crippen LogP contribution in [0.1, 0.15) is 17.0 Å². The smallest absolute Gasteiger partial charge is 0.264 e. The predicted octanol–water partition coefficient (Wildman–Crippen LogP) is 5.90. The summed E-state index contributed by atoms with van der Waals surface area (Å²) in [5.74, 6) is -0.770. The lowest BCUT2D eigenvalue weighted by Gasteiger charge is -2.24. The van der Waals surface area contributed by atoms with Crippen LogP contribution in [0.4, 0.5) is 10.1 Å². The van der Waals surface area contributed by atoms with Gasteiger partial charge in [0.15, 0.2) is 11.5 Å². The van der Waals surface area contributed by atoms with Crippen molar-refractivity contribution in [2.75, 3.05) is 25.1 Å². The van der Waals surface area contributed by atoms with Gasteiger partial charge in [-0.3, -0.25) is 9.10 Å². The molecule has 0 radical (unpaired) electrons. The van der Waals surface area contributed by atoms with Gasteiger partial charge in [0.2, 0.25) is 0 Å². The number of anilines is 1. The molecule has 1 heterocycles. The van der Waals surface area contributed by atoms with Crippen molar-refractivity contribution < 1.29 is 27.1 Å². The van der Waals surface area contributed by atoms with Crippen molar-refractivity contribution >= 4 is 51.0 Å². The van der Waals surface area contributed by atoms with Crippen LogP contribution in [0.15, 0.2) is 76.7 Å². The maximum Gasteiger partial charge on any atom is 0.264 e. The van der Waals surface area contributed by atoms with E-state index in [-0.39, 0.29) is 16.3 Å². The molecule has 1 amide bonds. The largest absolute Gasteiger partial charge is 0.493 e. The molecule has 0 bridgehead atoms. The highest BCUT2D eigenvalue weighted by molar-refractivity contribution is 7.92. The number of halogens is 3. The Balaban J connectivity index is 1.58. The number of hydrazone groups is 1. The highest BCUT2D eigenvalue weighted by Gasteiger charge is 2.28. The lowest BCUT2D eigenvalue weighted by atomic mass is 10.2. The molecule has 0 aliphatic rings. The van der Waals surface area contributed by atoms with Gasteiger partial charge in [0.05, 0.1) is 41.1 Å². The first-order chi connectivity index (χ1) is 20.0.